The molecule has 1 fully saturated rings. The second-order valence-electron chi connectivity index (χ2n) is 8.38. The highest BCUT2D eigenvalue weighted by Crippen LogP contribution is 2.51. The third-order valence-corrected chi connectivity index (χ3v) is 10.5. The fraction of sp³-hybridized carbons (Fsp3) is 0.882. The van der Waals surface area contributed by atoms with Crippen molar-refractivity contribution in [3.05, 3.63) is 12.2 Å². The highest BCUT2D eigenvalue weighted by molar-refractivity contribution is 6.74. The van der Waals surface area contributed by atoms with Crippen LogP contribution in [-0.2, 0) is 4.43 Å². The molecule has 2 aliphatic carbocycles. The van der Waals surface area contributed by atoms with Crippen LogP contribution in [0.25, 0.3) is 0 Å². The van der Waals surface area contributed by atoms with Crippen LogP contribution in [0.3, 0.4) is 0 Å². The van der Waals surface area contributed by atoms with Gasteiger partial charge in [0.15, 0.2) is 8.32 Å². The summed E-state index contributed by atoms with van der Waals surface area (Å²) >= 11 is 0. The average Bonchev–Trinajstić information content (AvgIpc) is 2.28. The summed E-state index contributed by atoms with van der Waals surface area (Å²) in [5.74, 6) is 0.754. The minimum Gasteiger partial charge on any atom is -0.413 e. The van der Waals surface area contributed by atoms with E-state index in [9.17, 15) is 0 Å². The Labute approximate surface area is 120 Å². The van der Waals surface area contributed by atoms with Gasteiger partial charge < -0.3 is 4.43 Å². The summed E-state index contributed by atoms with van der Waals surface area (Å²) in [5.41, 5.74) is 0.391. The van der Waals surface area contributed by atoms with Gasteiger partial charge in [0.25, 0.3) is 0 Å². The molecule has 0 aromatic carbocycles. The van der Waals surface area contributed by atoms with E-state index in [0.29, 0.717) is 16.6 Å². The molecular formula is C17H32OSi. The third-order valence-electron chi connectivity index (χ3n) is 6.03. The molecule has 0 aromatic rings. The van der Waals surface area contributed by atoms with Crippen LogP contribution in [0.15, 0.2) is 12.2 Å². The van der Waals surface area contributed by atoms with Gasteiger partial charge in [0.1, 0.15) is 0 Å². The molecule has 0 bridgehead atoms. The van der Waals surface area contributed by atoms with Crippen LogP contribution in [-0.4, -0.2) is 14.4 Å². The number of hydrogen-bond acceptors (Lipinski definition) is 1. The molecule has 3 atom stereocenters. The lowest BCUT2D eigenvalue weighted by Gasteiger charge is -2.52. The maximum atomic E-state index is 6.82. The van der Waals surface area contributed by atoms with Gasteiger partial charge in [-0.3, -0.25) is 0 Å². The van der Waals surface area contributed by atoms with Crippen LogP contribution in [0.2, 0.25) is 18.1 Å². The zero-order valence-corrected chi connectivity index (χ0v) is 14.8. The summed E-state index contributed by atoms with van der Waals surface area (Å²) in [5, 5.41) is 0.320. The van der Waals surface area contributed by atoms with E-state index in [2.05, 4.69) is 52.9 Å². The first-order chi connectivity index (χ1) is 8.67. The Morgan fingerprint density at radius 1 is 1.21 bits per heavy atom. The monoisotopic (exact) mass is 280 g/mol. The molecule has 19 heavy (non-hydrogen) atoms. The van der Waals surface area contributed by atoms with E-state index in [4.69, 9.17) is 4.43 Å². The van der Waals surface area contributed by atoms with Gasteiger partial charge >= 0.3 is 0 Å². The van der Waals surface area contributed by atoms with E-state index < -0.39 is 8.32 Å². The molecule has 2 rings (SSSR count). The predicted molar refractivity (Wildman–Crippen MR) is 85.9 cm³/mol. The molecule has 2 heteroatoms. The van der Waals surface area contributed by atoms with Crippen molar-refractivity contribution in [1.29, 1.82) is 0 Å². The molecule has 0 unspecified atom stereocenters. The van der Waals surface area contributed by atoms with E-state index in [1.54, 1.807) is 0 Å². The fourth-order valence-corrected chi connectivity index (χ4v) is 4.92. The Hall–Kier alpha value is -0.0831. The van der Waals surface area contributed by atoms with Gasteiger partial charge in [-0.05, 0) is 55.1 Å². The van der Waals surface area contributed by atoms with Gasteiger partial charge in [0, 0.05) is 0 Å². The lowest BCUT2D eigenvalue weighted by molar-refractivity contribution is -0.0264. The molecule has 2 aliphatic rings. The predicted octanol–water partition coefficient (Wildman–Crippen LogP) is 5.53. The lowest BCUT2D eigenvalue weighted by Crippen LogP contribution is -2.52. The van der Waals surface area contributed by atoms with Crippen molar-refractivity contribution in [3.63, 3.8) is 0 Å². The minimum atomic E-state index is -1.64. The van der Waals surface area contributed by atoms with Crippen molar-refractivity contribution in [2.45, 2.75) is 84.0 Å². The third kappa shape index (κ3) is 2.85. The maximum absolute atomic E-state index is 6.82. The van der Waals surface area contributed by atoms with Crippen LogP contribution in [0.1, 0.15) is 59.8 Å². The van der Waals surface area contributed by atoms with Crippen molar-refractivity contribution in [1.82, 2.24) is 0 Å². The number of allylic oxidation sites excluding steroid dienone is 2. The Balaban J connectivity index is 2.18. The average molecular weight is 281 g/mol. The van der Waals surface area contributed by atoms with Crippen LogP contribution < -0.4 is 0 Å². The molecule has 0 heterocycles. The van der Waals surface area contributed by atoms with Gasteiger partial charge in [0.05, 0.1) is 6.10 Å². The molecule has 0 amide bonds. The van der Waals surface area contributed by atoms with Gasteiger partial charge in [-0.25, -0.2) is 0 Å². The highest BCUT2D eigenvalue weighted by Gasteiger charge is 2.48. The van der Waals surface area contributed by atoms with Crippen molar-refractivity contribution >= 4 is 8.32 Å². The lowest BCUT2D eigenvalue weighted by atomic mass is 9.61. The van der Waals surface area contributed by atoms with Crippen molar-refractivity contribution in [3.8, 4) is 0 Å². The summed E-state index contributed by atoms with van der Waals surface area (Å²) in [7, 11) is -1.64. The van der Waals surface area contributed by atoms with Crippen LogP contribution >= 0.6 is 0 Å². The first-order valence-corrected chi connectivity index (χ1v) is 10.9. The molecule has 0 N–H and O–H groups in total. The second kappa shape index (κ2) is 5.03. The maximum Gasteiger partial charge on any atom is 0.192 e. The van der Waals surface area contributed by atoms with E-state index in [0.717, 1.165) is 5.92 Å². The van der Waals surface area contributed by atoms with Crippen LogP contribution in [0.4, 0.5) is 0 Å². The summed E-state index contributed by atoms with van der Waals surface area (Å²) in [6.07, 6.45) is 11.9. The van der Waals surface area contributed by atoms with Gasteiger partial charge in [-0.1, -0.05) is 46.3 Å². The molecule has 0 spiro atoms. The van der Waals surface area contributed by atoms with E-state index in [1.165, 1.54) is 32.1 Å². The van der Waals surface area contributed by atoms with Gasteiger partial charge in [-0.15, -0.1) is 0 Å². The first-order valence-electron chi connectivity index (χ1n) is 8.01. The molecule has 0 aliphatic heterocycles. The Bertz CT molecular complexity index is 353. The number of fused-ring (bicyclic) bond motifs is 1. The topological polar surface area (TPSA) is 9.23 Å². The number of hydrogen-bond donors (Lipinski definition) is 0. The van der Waals surface area contributed by atoms with Crippen molar-refractivity contribution in [2.24, 2.45) is 11.3 Å². The van der Waals surface area contributed by atoms with E-state index in [1.807, 2.05) is 0 Å². The second-order valence-corrected chi connectivity index (χ2v) is 13.1. The number of rotatable bonds is 2. The highest BCUT2D eigenvalue weighted by atomic mass is 28.4. The van der Waals surface area contributed by atoms with Crippen LogP contribution in [0.5, 0.6) is 0 Å². The standard InChI is InChI=1S/C17H32OSi/c1-16(2,3)19(5,6)18-15-12-9-11-14-10-7-8-13-17(14,15)4/h7,10,14-15H,8-9,11-13H2,1-6H3/t14-,15+,17+/m1/s1. The summed E-state index contributed by atoms with van der Waals surface area (Å²) < 4.78 is 6.82. The SMILES string of the molecule is CC(C)(C)[Si](C)(C)O[C@H]1CCC[C@H]2C=CCC[C@@]21C. The van der Waals surface area contributed by atoms with Gasteiger partial charge in [0.2, 0.25) is 0 Å². The Morgan fingerprint density at radius 3 is 2.53 bits per heavy atom. The largest absolute Gasteiger partial charge is 0.413 e. The van der Waals surface area contributed by atoms with Gasteiger partial charge in [-0.2, -0.15) is 0 Å². The first kappa shape index (κ1) is 15.3. The van der Waals surface area contributed by atoms with Crippen LogP contribution in [0, 0.1) is 11.3 Å². The molecule has 110 valence electrons. The van der Waals surface area contributed by atoms with E-state index >= 15 is 0 Å². The van der Waals surface area contributed by atoms with Crippen molar-refractivity contribution < 1.29 is 4.43 Å². The minimum absolute atomic E-state index is 0.320. The Morgan fingerprint density at radius 2 is 1.89 bits per heavy atom. The summed E-state index contributed by atoms with van der Waals surface area (Å²) in [6, 6.07) is 0. The molecule has 1 saturated carbocycles. The van der Waals surface area contributed by atoms with E-state index in [-0.39, 0.29) is 0 Å². The fourth-order valence-electron chi connectivity index (χ4n) is 3.46. The quantitative estimate of drug-likeness (QED) is 0.477. The molecule has 0 saturated heterocycles. The molecular weight excluding hydrogens is 248 g/mol. The molecule has 0 aromatic heterocycles. The van der Waals surface area contributed by atoms with Crippen molar-refractivity contribution in [2.75, 3.05) is 0 Å². The normalized spacial score (nSPS) is 36.1. The summed E-state index contributed by atoms with van der Waals surface area (Å²) in [4.78, 5) is 0. The zero-order valence-electron chi connectivity index (χ0n) is 13.8. The zero-order chi connectivity index (χ0) is 14.3. The Kier molecular flexibility index (Phi) is 4.06. The molecule has 0 radical (unpaired) electrons. The smallest absolute Gasteiger partial charge is 0.192 e. The molecule has 1 nitrogen and oxygen atoms in total. The summed E-state index contributed by atoms with van der Waals surface area (Å²) in [6.45, 7) is 14.3.